The van der Waals surface area contributed by atoms with Gasteiger partial charge in [-0.3, -0.25) is 0 Å². The largest absolute Gasteiger partial charge is 0.477 e. The molecule has 0 fully saturated rings. The van der Waals surface area contributed by atoms with Crippen molar-refractivity contribution < 1.29 is 19.0 Å². The first-order chi connectivity index (χ1) is 11.0. The van der Waals surface area contributed by atoms with Gasteiger partial charge < -0.3 is 20.1 Å². The number of aromatic nitrogens is 2. The molecule has 0 aliphatic heterocycles. The Balaban J connectivity index is 2.19. The minimum absolute atomic E-state index is 0.105. The van der Waals surface area contributed by atoms with Gasteiger partial charge in [-0.05, 0) is 38.4 Å². The maximum atomic E-state index is 12.9. The van der Waals surface area contributed by atoms with E-state index in [9.17, 15) is 14.3 Å². The molecule has 0 aliphatic carbocycles. The average Bonchev–Trinajstić information content (AvgIpc) is 2.49. The first-order valence-corrected chi connectivity index (χ1v) is 6.88. The summed E-state index contributed by atoms with van der Waals surface area (Å²) >= 11 is 0. The molecule has 0 aliphatic rings. The summed E-state index contributed by atoms with van der Waals surface area (Å²) < 4.78 is 18.4. The molecule has 0 atom stereocenters. The fraction of sp³-hybridized carbons (Fsp3) is 0.267. The summed E-state index contributed by atoms with van der Waals surface area (Å²) in [6, 6.07) is 5.21. The quantitative estimate of drug-likeness (QED) is 0.807. The molecular formula is C15H17FN4O3. The van der Waals surface area contributed by atoms with Gasteiger partial charge in [0.15, 0.2) is 0 Å². The Kier molecular flexibility index (Phi) is 5.42. The zero-order valence-electron chi connectivity index (χ0n) is 12.8. The Morgan fingerprint density at radius 3 is 2.65 bits per heavy atom. The van der Waals surface area contributed by atoms with E-state index in [4.69, 9.17) is 4.74 Å². The van der Waals surface area contributed by atoms with Crippen molar-refractivity contribution in [2.75, 3.05) is 32.5 Å². The van der Waals surface area contributed by atoms with E-state index in [1.807, 2.05) is 19.0 Å². The second-order valence-corrected chi connectivity index (χ2v) is 5.00. The second-order valence-electron chi connectivity index (χ2n) is 5.00. The molecule has 122 valence electrons. The molecule has 0 spiro atoms. The Bertz CT molecular complexity index is 677. The van der Waals surface area contributed by atoms with Crippen molar-refractivity contribution in [3.8, 4) is 11.6 Å². The molecular weight excluding hydrogens is 303 g/mol. The molecule has 2 rings (SSSR count). The number of nitrogens with one attached hydrogen (secondary N) is 1. The summed E-state index contributed by atoms with van der Waals surface area (Å²) in [7, 11) is 3.86. The molecule has 2 N–H and O–H groups in total. The number of carbonyl (C=O) groups is 1. The number of carboxylic acids is 1. The predicted octanol–water partition coefficient (Wildman–Crippen LogP) is 2.08. The average molecular weight is 320 g/mol. The highest BCUT2D eigenvalue weighted by molar-refractivity contribution is 5.90. The lowest BCUT2D eigenvalue weighted by molar-refractivity contribution is 0.0693. The van der Waals surface area contributed by atoms with Gasteiger partial charge >= 0.3 is 5.97 Å². The first-order valence-electron chi connectivity index (χ1n) is 6.88. The third kappa shape index (κ3) is 4.89. The molecule has 0 saturated carbocycles. The van der Waals surface area contributed by atoms with Gasteiger partial charge in [0.05, 0.1) is 6.20 Å². The molecule has 2 aromatic rings. The number of nitrogens with zero attached hydrogens (tertiary/aromatic N) is 3. The molecule has 23 heavy (non-hydrogen) atoms. The van der Waals surface area contributed by atoms with Crippen LogP contribution in [0.4, 0.5) is 10.3 Å². The highest BCUT2D eigenvalue weighted by Gasteiger charge is 2.16. The van der Waals surface area contributed by atoms with Crippen molar-refractivity contribution in [2.24, 2.45) is 0 Å². The molecule has 0 radical (unpaired) electrons. The van der Waals surface area contributed by atoms with Crippen molar-refractivity contribution >= 4 is 11.9 Å². The number of carboxylic acid groups (broad SMARTS) is 1. The minimum Gasteiger partial charge on any atom is -0.477 e. The third-order valence-electron chi connectivity index (χ3n) is 2.85. The van der Waals surface area contributed by atoms with Gasteiger partial charge in [-0.1, -0.05) is 0 Å². The van der Waals surface area contributed by atoms with E-state index in [0.29, 0.717) is 6.54 Å². The molecule has 1 aromatic carbocycles. The Morgan fingerprint density at radius 2 is 2.04 bits per heavy atom. The molecule has 0 unspecified atom stereocenters. The van der Waals surface area contributed by atoms with E-state index in [1.54, 1.807) is 0 Å². The number of ether oxygens (including phenoxy) is 1. The summed E-state index contributed by atoms with van der Waals surface area (Å²) in [4.78, 5) is 21.2. The molecule has 0 amide bonds. The number of anilines is 1. The van der Waals surface area contributed by atoms with Crippen LogP contribution in [0.1, 0.15) is 10.4 Å². The molecule has 0 bridgehead atoms. The highest BCUT2D eigenvalue weighted by atomic mass is 19.1. The summed E-state index contributed by atoms with van der Waals surface area (Å²) in [5.41, 5.74) is -0.174. The van der Waals surface area contributed by atoms with Crippen LogP contribution in [0.5, 0.6) is 11.6 Å². The predicted molar refractivity (Wildman–Crippen MR) is 82.5 cm³/mol. The normalized spacial score (nSPS) is 10.6. The van der Waals surface area contributed by atoms with Gasteiger partial charge in [-0.25, -0.2) is 14.2 Å². The van der Waals surface area contributed by atoms with Crippen LogP contribution in [0.15, 0.2) is 30.5 Å². The van der Waals surface area contributed by atoms with Crippen LogP contribution in [0.25, 0.3) is 0 Å². The van der Waals surface area contributed by atoms with Crippen LogP contribution in [0.2, 0.25) is 0 Å². The van der Waals surface area contributed by atoms with Crippen LogP contribution in [0, 0.1) is 5.82 Å². The minimum atomic E-state index is -1.21. The SMILES string of the molecule is CN(C)CCNc1ncc(C(=O)O)c(Oc2ccc(F)cc2)n1. The van der Waals surface area contributed by atoms with E-state index < -0.39 is 11.8 Å². The second kappa shape index (κ2) is 7.50. The van der Waals surface area contributed by atoms with Crippen LogP contribution in [0.3, 0.4) is 0 Å². The van der Waals surface area contributed by atoms with Gasteiger partial charge in [0.2, 0.25) is 11.8 Å². The van der Waals surface area contributed by atoms with Crippen molar-refractivity contribution in [1.29, 1.82) is 0 Å². The zero-order chi connectivity index (χ0) is 16.8. The monoisotopic (exact) mass is 320 g/mol. The van der Waals surface area contributed by atoms with Crippen LogP contribution in [-0.4, -0.2) is 53.1 Å². The Labute approximate surface area is 132 Å². The maximum Gasteiger partial charge on any atom is 0.342 e. The van der Waals surface area contributed by atoms with E-state index in [0.717, 1.165) is 6.54 Å². The molecule has 1 heterocycles. The molecule has 8 heteroatoms. The lowest BCUT2D eigenvalue weighted by Gasteiger charge is -2.12. The number of halogens is 1. The third-order valence-corrected chi connectivity index (χ3v) is 2.85. The fourth-order valence-electron chi connectivity index (χ4n) is 1.68. The number of rotatable bonds is 7. The summed E-state index contributed by atoms with van der Waals surface area (Å²) in [5, 5.41) is 12.2. The van der Waals surface area contributed by atoms with Gasteiger partial charge in [0.25, 0.3) is 0 Å². The van der Waals surface area contributed by atoms with E-state index >= 15 is 0 Å². The Hall–Kier alpha value is -2.74. The van der Waals surface area contributed by atoms with Crippen molar-refractivity contribution in [2.45, 2.75) is 0 Å². The van der Waals surface area contributed by atoms with Crippen molar-refractivity contribution in [3.63, 3.8) is 0 Å². The van der Waals surface area contributed by atoms with Crippen LogP contribution >= 0.6 is 0 Å². The fourth-order valence-corrected chi connectivity index (χ4v) is 1.68. The number of likely N-dealkylation sites (N-methyl/N-ethyl adjacent to an activating group) is 1. The van der Waals surface area contributed by atoms with E-state index in [-0.39, 0.29) is 23.1 Å². The van der Waals surface area contributed by atoms with Crippen molar-refractivity contribution in [3.05, 3.63) is 41.8 Å². The van der Waals surface area contributed by atoms with Gasteiger partial charge in [0, 0.05) is 13.1 Å². The van der Waals surface area contributed by atoms with Gasteiger partial charge in [0.1, 0.15) is 17.1 Å². The standard InChI is InChI=1S/C15H17FN4O3/c1-20(2)8-7-17-15-18-9-12(14(21)22)13(19-15)23-11-5-3-10(16)4-6-11/h3-6,9H,7-8H2,1-2H3,(H,21,22)(H,17,18,19). The number of hydrogen-bond donors (Lipinski definition) is 2. The first kappa shape index (κ1) is 16.6. The Morgan fingerprint density at radius 1 is 1.35 bits per heavy atom. The number of aromatic carboxylic acids is 1. The van der Waals surface area contributed by atoms with Crippen molar-refractivity contribution in [1.82, 2.24) is 14.9 Å². The zero-order valence-corrected chi connectivity index (χ0v) is 12.8. The van der Waals surface area contributed by atoms with Crippen LogP contribution in [-0.2, 0) is 0 Å². The number of hydrogen-bond acceptors (Lipinski definition) is 6. The van der Waals surface area contributed by atoms with E-state index in [1.165, 1.54) is 30.5 Å². The lowest BCUT2D eigenvalue weighted by atomic mass is 10.3. The molecule has 7 nitrogen and oxygen atoms in total. The summed E-state index contributed by atoms with van der Waals surface area (Å²) in [6.07, 6.45) is 1.17. The summed E-state index contributed by atoms with van der Waals surface area (Å²) in [5.74, 6) is -1.18. The van der Waals surface area contributed by atoms with Gasteiger partial charge in [-0.2, -0.15) is 4.98 Å². The lowest BCUT2D eigenvalue weighted by Crippen LogP contribution is -2.21. The summed E-state index contributed by atoms with van der Waals surface area (Å²) in [6.45, 7) is 1.35. The topological polar surface area (TPSA) is 87.6 Å². The highest BCUT2D eigenvalue weighted by Crippen LogP contribution is 2.24. The van der Waals surface area contributed by atoms with Gasteiger partial charge in [-0.15, -0.1) is 0 Å². The number of benzene rings is 1. The molecule has 0 saturated heterocycles. The van der Waals surface area contributed by atoms with E-state index in [2.05, 4.69) is 15.3 Å². The smallest absolute Gasteiger partial charge is 0.342 e. The maximum absolute atomic E-state index is 12.9. The van der Waals surface area contributed by atoms with Crippen LogP contribution < -0.4 is 10.1 Å². The molecule has 1 aromatic heterocycles.